The van der Waals surface area contributed by atoms with Crippen molar-refractivity contribution in [3.8, 4) is 0 Å². The predicted octanol–water partition coefficient (Wildman–Crippen LogP) is 2.94. The van der Waals surface area contributed by atoms with Crippen LogP contribution in [0.3, 0.4) is 0 Å². The number of benzene rings is 1. The van der Waals surface area contributed by atoms with Crippen LogP contribution in [0.4, 0.5) is 13.6 Å². The van der Waals surface area contributed by atoms with Crippen LogP contribution in [0, 0.1) is 17.6 Å². The van der Waals surface area contributed by atoms with Gasteiger partial charge < -0.3 is 10.6 Å². The molecule has 0 bridgehead atoms. The van der Waals surface area contributed by atoms with Crippen molar-refractivity contribution >= 4 is 6.03 Å². The van der Waals surface area contributed by atoms with Crippen LogP contribution < -0.4 is 10.6 Å². The van der Waals surface area contributed by atoms with Gasteiger partial charge in [0.15, 0.2) is 0 Å². The standard InChI is InChI=1S/C17H22F2N4O/c1-11(2)16(14-5-4-12(18)10-15(14)19)22-17(24)20-8-6-13-7-9-21-23(13)3/h4-5,7,9-11,16H,6,8H2,1-3H3,(H2,20,22,24)/t16-/m0/s1. The average Bonchev–Trinajstić information content (AvgIpc) is 2.91. The van der Waals surface area contributed by atoms with Crippen LogP contribution in [0.25, 0.3) is 0 Å². The SMILES string of the molecule is CC(C)[C@H](NC(=O)NCCc1ccnn1C)c1ccc(F)cc1F. The van der Waals surface area contributed by atoms with Crippen LogP contribution >= 0.6 is 0 Å². The quantitative estimate of drug-likeness (QED) is 0.852. The minimum atomic E-state index is -0.663. The summed E-state index contributed by atoms with van der Waals surface area (Å²) in [6, 6.07) is 4.33. The monoisotopic (exact) mass is 336 g/mol. The molecule has 0 unspecified atom stereocenters. The topological polar surface area (TPSA) is 59.0 Å². The van der Waals surface area contributed by atoms with Gasteiger partial charge in [-0.05, 0) is 18.1 Å². The molecule has 1 atom stereocenters. The second kappa shape index (κ2) is 7.90. The van der Waals surface area contributed by atoms with E-state index < -0.39 is 17.7 Å². The Morgan fingerprint density at radius 2 is 2.04 bits per heavy atom. The van der Waals surface area contributed by atoms with Crippen LogP contribution in [-0.2, 0) is 13.5 Å². The molecule has 2 N–H and O–H groups in total. The maximum atomic E-state index is 14.0. The van der Waals surface area contributed by atoms with E-state index in [4.69, 9.17) is 0 Å². The summed E-state index contributed by atoms with van der Waals surface area (Å²) in [6.45, 7) is 4.16. The minimum Gasteiger partial charge on any atom is -0.338 e. The summed E-state index contributed by atoms with van der Waals surface area (Å²) in [6.07, 6.45) is 2.34. The Labute approximate surface area is 140 Å². The van der Waals surface area contributed by atoms with Crippen molar-refractivity contribution < 1.29 is 13.6 Å². The maximum Gasteiger partial charge on any atom is 0.315 e. The van der Waals surface area contributed by atoms with Gasteiger partial charge in [0.05, 0.1) is 6.04 Å². The smallest absolute Gasteiger partial charge is 0.315 e. The molecule has 0 radical (unpaired) electrons. The van der Waals surface area contributed by atoms with Gasteiger partial charge in [-0.3, -0.25) is 4.68 Å². The number of rotatable bonds is 6. The van der Waals surface area contributed by atoms with Gasteiger partial charge in [0.1, 0.15) is 11.6 Å². The fourth-order valence-electron chi connectivity index (χ4n) is 2.50. The molecule has 0 aliphatic carbocycles. The number of aromatic nitrogens is 2. The van der Waals surface area contributed by atoms with Crippen LogP contribution in [0.5, 0.6) is 0 Å². The third kappa shape index (κ3) is 4.53. The van der Waals surface area contributed by atoms with Gasteiger partial charge in [-0.2, -0.15) is 5.10 Å². The second-order valence-electron chi connectivity index (χ2n) is 5.98. The zero-order chi connectivity index (χ0) is 17.7. The van der Waals surface area contributed by atoms with Gasteiger partial charge in [-0.15, -0.1) is 0 Å². The molecule has 1 heterocycles. The van der Waals surface area contributed by atoms with Gasteiger partial charge in [0, 0.05) is 43.5 Å². The number of carbonyl (C=O) groups is 1. The largest absolute Gasteiger partial charge is 0.338 e. The van der Waals surface area contributed by atoms with E-state index in [1.807, 2.05) is 27.0 Å². The lowest BCUT2D eigenvalue weighted by atomic mass is 9.95. The summed E-state index contributed by atoms with van der Waals surface area (Å²) in [4.78, 5) is 12.1. The lowest BCUT2D eigenvalue weighted by Crippen LogP contribution is -2.40. The summed E-state index contributed by atoms with van der Waals surface area (Å²) in [5.74, 6) is -1.35. The predicted molar refractivity (Wildman–Crippen MR) is 87.4 cm³/mol. The Morgan fingerprint density at radius 3 is 2.62 bits per heavy atom. The number of nitrogens with one attached hydrogen (secondary N) is 2. The summed E-state index contributed by atoms with van der Waals surface area (Å²) >= 11 is 0. The lowest BCUT2D eigenvalue weighted by molar-refractivity contribution is 0.232. The number of carbonyl (C=O) groups excluding carboxylic acids is 1. The molecule has 130 valence electrons. The Morgan fingerprint density at radius 1 is 1.29 bits per heavy atom. The van der Waals surface area contributed by atoms with E-state index in [0.717, 1.165) is 11.8 Å². The highest BCUT2D eigenvalue weighted by atomic mass is 19.1. The van der Waals surface area contributed by atoms with Crippen molar-refractivity contribution in [3.63, 3.8) is 0 Å². The zero-order valence-corrected chi connectivity index (χ0v) is 14.0. The van der Waals surface area contributed by atoms with Gasteiger partial charge in [-0.25, -0.2) is 13.6 Å². The van der Waals surface area contributed by atoms with E-state index in [0.29, 0.717) is 13.0 Å². The van der Waals surface area contributed by atoms with Crippen LogP contribution in [0.2, 0.25) is 0 Å². The molecule has 7 heteroatoms. The number of nitrogens with zero attached hydrogens (tertiary/aromatic N) is 2. The zero-order valence-electron chi connectivity index (χ0n) is 14.0. The van der Waals surface area contributed by atoms with Crippen LogP contribution in [0.1, 0.15) is 31.1 Å². The summed E-state index contributed by atoms with van der Waals surface area (Å²) in [5.41, 5.74) is 1.27. The van der Waals surface area contributed by atoms with E-state index in [9.17, 15) is 13.6 Å². The molecule has 0 saturated carbocycles. The first-order chi connectivity index (χ1) is 11.4. The number of aryl methyl sites for hydroxylation is 1. The highest BCUT2D eigenvalue weighted by Crippen LogP contribution is 2.24. The number of hydrogen-bond donors (Lipinski definition) is 2. The van der Waals surface area contributed by atoms with Crippen molar-refractivity contribution in [1.82, 2.24) is 20.4 Å². The molecule has 1 aromatic heterocycles. The molecule has 1 aromatic carbocycles. The summed E-state index contributed by atoms with van der Waals surface area (Å²) < 4.78 is 28.8. The van der Waals surface area contributed by atoms with E-state index in [-0.39, 0.29) is 17.5 Å². The number of hydrogen-bond acceptors (Lipinski definition) is 2. The van der Waals surface area contributed by atoms with Gasteiger partial charge in [-0.1, -0.05) is 19.9 Å². The molecule has 0 fully saturated rings. The Hall–Kier alpha value is -2.44. The molecule has 24 heavy (non-hydrogen) atoms. The number of amides is 2. The van der Waals surface area contributed by atoms with E-state index in [1.165, 1.54) is 12.1 Å². The molecule has 2 amide bonds. The molecule has 0 aliphatic rings. The first kappa shape index (κ1) is 17.9. The Bertz CT molecular complexity index is 700. The van der Waals surface area contributed by atoms with Crippen molar-refractivity contribution in [1.29, 1.82) is 0 Å². The molecular formula is C17H22F2N4O. The van der Waals surface area contributed by atoms with Crippen molar-refractivity contribution in [2.24, 2.45) is 13.0 Å². The van der Waals surface area contributed by atoms with Crippen molar-refractivity contribution in [2.75, 3.05) is 6.54 Å². The third-order valence-electron chi connectivity index (χ3n) is 3.84. The molecule has 0 spiro atoms. The van der Waals surface area contributed by atoms with E-state index in [1.54, 1.807) is 10.9 Å². The molecule has 0 aliphatic heterocycles. The van der Waals surface area contributed by atoms with E-state index >= 15 is 0 Å². The molecule has 0 saturated heterocycles. The van der Waals surface area contributed by atoms with Crippen LogP contribution in [0.15, 0.2) is 30.5 Å². The molecule has 5 nitrogen and oxygen atoms in total. The van der Waals surface area contributed by atoms with Crippen LogP contribution in [-0.4, -0.2) is 22.4 Å². The van der Waals surface area contributed by atoms with Gasteiger partial charge in [0.25, 0.3) is 0 Å². The first-order valence-corrected chi connectivity index (χ1v) is 7.84. The fraction of sp³-hybridized carbons (Fsp3) is 0.412. The Kier molecular flexibility index (Phi) is 5.89. The van der Waals surface area contributed by atoms with Gasteiger partial charge >= 0.3 is 6.03 Å². The highest BCUT2D eigenvalue weighted by Gasteiger charge is 2.21. The minimum absolute atomic E-state index is 0.0483. The fourth-order valence-corrected chi connectivity index (χ4v) is 2.50. The number of urea groups is 1. The number of halogens is 2. The lowest BCUT2D eigenvalue weighted by Gasteiger charge is -2.23. The summed E-state index contributed by atoms with van der Waals surface area (Å²) in [7, 11) is 1.83. The summed E-state index contributed by atoms with van der Waals surface area (Å²) in [5, 5.41) is 9.56. The molecule has 2 aromatic rings. The first-order valence-electron chi connectivity index (χ1n) is 7.84. The maximum absolute atomic E-state index is 14.0. The average molecular weight is 336 g/mol. The molecular weight excluding hydrogens is 314 g/mol. The third-order valence-corrected chi connectivity index (χ3v) is 3.84. The Balaban J connectivity index is 1.95. The van der Waals surface area contributed by atoms with Crippen molar-refractivity contribution in [2.45, 2.75) is 26.3 Å². The van der Waals surface area contributed by atoms with Crippen molar-refractivity contribution in [3.05, 3.63) is 53.4 Å². The van der Waals surface area contributed by atoms with E-state index in [2.05, 4.69) is 15.7 Å². The second-order valence-corrected chi connectivity index (χ2v) is 5.98. The van der Waals surface area contributed by atoms with Gasteiger partial charge in [0.2, 0.25) is 0 Å². The highest BCUT2D eigenvalue weighted by molar-refractivity contribution is 5.74. The molecule has 2 rings (SSSR count). The normalized spacial score (nSPS) is 12.2.